The number of primary sulfonamides is 1. The molecule has 2 heterocycles. The number of nitrogens with two attached hydrogens (primary N) is 1. The lowest BCUT2D eigenvalue weighted by molar-refractivity contribution is -0.112. The van der Waals surface area contributed by atoms with Gasteiger partial charge in [0.2, 0.25) is 15.9 Å². The van der Waals surface area contributed by atoms with Gasteiger partial charge in [0.15, 0.2) is 4.80 Å². The van der Waals surface area contributed by atoms with Gasteiger partial charge in [-0.05, 0) is 54.6 Å². The van der Waals surface area contributed by atoms with E-state index in [2.05, 4.69) is 9.98 Å². The maximum absolute atomic E-state index is 14.2. The first-order valence-electron chi connectivity index (χ1n) is 9.94. The lowest BCUT2D eigenvalue weighted by atomic mass is 10.1. The van der Waals surface area contributed by atoms with Crippen molar-refractivity contribution >= 4 is 50.1 Å². The van der Waals surface area contributed by atoms with Crippen molar-refractivity contribution in [2.45, 2.75) is 4.90 Å². The molecule has 1 aliphatic heterocycles. The van der Waals surface area contributed by atoms with E-state index in [0.717, 1.165) is 11.3 Å². The topological polar surface area (TPSA) is 127 Å². The van der Waals surface area contributed by atoms with Crippen molar-refractivity contribution in [2.75, 3.05) is 0 Å². The number of nitrogens with zero attached hydrogens (tertiary/aromatic N) is 3. The molecule has 12 heteroatoms. The highest BCUT2D eigenvalue weighted by Gasteiger charge is 2.27. The Morgan fingerprint density at radius 1 is 1.06 bits per heavy atom. The molecule has 0 bridgehead atoms. The number of fused-ring (bicyclic) bond motifs is 1. The number of hydrogen-bond donors (Lipinski definition) is 2. The van der Waals surface area contributed by atoms with Crippen molar-refractivity contribution < 1.29 is 22.7 Å². The summed E-state index contributed by atoms with van der Waals surface area (Å²) in [6.45, 7) is 0. The third kappa shape index (κ3) is 4.19. The number of rotatable bonds is 4. The summed E-state index contributed by atoms with van der Waals surface area (Å²) in [6.07, 6.45) is 0. The minimum atomic E-state index is -3.88. The van der Waals surface area contributed by atoms with Gasteiger partial charge in [0.1, 0.15) is 16.1 Å². The zero-order valence-electron chi connectivity index (χ0n) is 17.5. The predicted octanol–water partition coefficient (Wildman–Crippen LogP) is 2.28. The van der Waals surface area contributed by atoms with Crippen molar-refractivity contribution in [3.63, 3.8) is 0 Å². The second kappa shape index (κ2) is 8.54. The summed E-state index contributed by atoms with van der Waals surface area (Å²) in [5.74, 6) is -1.63. The molecule has 1 amide bonds. The average Bonchev–Trinajstić information content (AvgIpc) is 3.30. The molecule has 3 N–H and O–H groups in total. The molecule has 0 saturated carbocycles. The van der Waals surface area contributed by atoms with Crippen LogP contribution in [0.4, 0.5) is 10.1 Å². The molecule has 176 valence electrons. The Morgan fingerprint density at radius 2 is 1.74 bits per heavy atom. The number of carbonyl (C=O) groups is 1. The Labute approximate surface area is 206 Å². The summed E-state index contributed by atoms with van der Waals surface area (Å²) in [7, 11) is -3.88. The molecule has 3 aromatic carbocycles. The number of sulfonamides is 1. The molecule has 0 atom stereocenters. The van der Waals surface area contributed by atoms with Crippen LogP contribution in [0.25, 0.3) is 11.3 Å². The minimum Gasteiger partial charge on any atom is -0.493 e. The number of benzene rings is 3. The van der Waals surface area contributed by atoms with Crippen molar-refractivity contribution in [1.29, 1.82) is 0 Å². The van der Waals surface area contributed by atoms with Crippen LogP contribution in [0.2, 0.25) is 5.02 Å². The standard InChI is InChI=1S/C23H14ClFN4O4S2/c24-12-4-8-14(9-5-12)29-22(31)20(18-16-2-1-3-17(25)19(16)28-21(18)30)34-23(29)27-13-6-10-15(11-7-13)35(26,32)33/h1-11,31H,(H2,26,32,33). The van der Waals surface area contributed by atoms with Gasteiger partial charge in [-0.1, -0.05) is 35.1 Å². The number of aromatic nitrogens is 1. The Balaban J connectivity index is 1.78. The van der Waals surface area contributed by atoms with Crippen LogP contribution >= 0.6 is 22.9 Å². The summed E-state index contributed by atoms with van der Waals surface area (Å²) >= 11 is 7.00. The fraction of sp³-hybridized carbons (Fsp3) is 0. The number of carbonyl (C=O) groups excluding carboxylic acids is 1. The molecule has 0 fully saturated rings. The molecule has 35 heavy (non-hydrogen) atoms. The molecule has 0 aliphatic carbocycles. The van der Waals surface area contributed by atoms with E-state index in [1.165, 1.54) is 41.0 Å². The maximum Gasteiger partial charge on any atom is 0.279 e. The minimum absolute atomic E-state index is 0.0516. The average molecular weight is 529 g/mol. The van der Waals surface area contributed by atoms with E-state index < -0.39 is 21.7 Å². The zero-order valence-corrected chi connectivity index (χ0v) is 19.9. The number of thiazole rings is 1. The van der Waals surface area contributed by atoms with Crippen molar-refractivity contribution in [3.05, 3.63) is 97.8 Å². The largest absolute Gasteiger partial charge is 0.493 e. The molecular weight excluding hydrogens is 515 g/mol. The molecule has 1 aliphatic rings. The second-order valence-electron chi connectivity index (χ2n) is 7.43. The molecule has 5 rings (SSSR count). The SMILES string of the molecule is NS(=O)(=O)c1ccc(N=c2sc(C3=c4cccc(F)c4=NC3=O)c(O)n2-c2ccc(Cl)cc2)cc1. The van der Waals surface area contributed by atoms with E-state index in [0.29, 0.717) is 16.4 Å². The first-order valence-corrected chi connectivity index (χ1v) is 12.7. The van der Waals surface area contributed by atoms with E-state index in [-0.39, 0.29) is 36.6 Å². The highest BCUT2D eigenvalue weighted by Crippen LogP contribution is 2.31. The third-order valence-electron chi connectivity index (χ3n) is 5.18. The highest BCUT2D eigenvalue weighted by atomic mass is 35.5. The zero-order chi connectivity index (χ0) is 24.9. The van der Waals surface area contributed by atoms with Crippen LogP contribution in [0, 0.1) is 5.82 Å². The van der Waals surface area contributed by atoms with Crippen LogP contribution in [0.15, 0.2) is 81.6 Å². The van der Waals surface area contributed by atoms with Gasteiger partial charge in [-0.3, -0.25) is 9.36 Å². The number of hydrogen-bond acceptors (Lipinski definition) is 6. The van der Waals surface area contributed by atoms with E-state index in [4.69, 9.17) is 16.7 Å². The number of amides is 1. The van der Waals surface area contributed by atoms with Gasteiger partial charge in [-0.15, -0.1) is 0 Å². The van der Waals surface area contributed by atoms with Gasteiger partial charge < -0.3 is 5.11 Å². The lowest BCUT2D eigenvalue weighted by Crippen LogP contribution is -2.26. The molecule has 0 spiro atoms. The Kier molecular flexibility index (Phi) is 5.64. The smallest absolute Gasteiger partial charge is 0.279 e. The molecular formula is C23H14ClFN4O4S2. The van der Waals surface area contributed by atoms with E-state index in [1.807, 2.05) is 0 Å². The van der Waals surface area contributed by atoms with Crippen molar-refractivity contribution in [3.8, 4) is 11.6 Å². The first kappa shape index (κ1) is 23.1. The Bertz CT molecular complexity index is 1810. The van der Waals surface area contributed by atoms with Gasteiger partial charge in [0.05, 0.1) is 21.8 Å². The summed E-state index contributed by atoms with van der Waals surface area (Å²) in [5, 5.41) is 17.0. The number of para-hydroxylation sites is 1. The van der Waals surface area contributed by atoms with Crippen LogP contribution in [0.5, 0.6) is 5.88 Å². The monoisotopic (exact) mass is 528 g/mol. The van der Waals surface area contributed by atoms with Crippen LogP contribution in [-0.4, -0.2) is 24.0 Å². The van der Waals surface area contributed by atoms with Gasteiger partial charge >= 0.3 is 0 Å². The van der Waals surface area contributed by atoms with E-state index in [9.17, 15) is 22.7 Å². The number of aromatic hydroxyl groups is 1. The van der Waals surface area contributed by atoms with Gasteiger partial charge in [0, 0.05) is 10.2 Å². The lowest BCUT2D eigenvalue weighted by Gasteiger charge is -2.06. The van der Waals surface area contributed by atoms with Crippen LogP contribution < -0.4 is 20.5 Å². The molecule has 1 aromatic heterocycles. The molecule has 0 unspecified atom stereocenters. The van der Waals surface area contributed by atoms with Crippen molar-refractivity contribution in [1.82, 2.24) is 4.57 Å². The molecule has 4 aromatic rings. The van der Waals surface area contributed by atoms with E-state index >= 15 is 0 Å². The normalized spacial score (nSPS) is 13.7. The molecule has 0 saturated heterocycles. The van der Waals surface area contributed by atoms with Gasteiger partial charge in [0.25, 0.3) is 5.91 Å². The maximum atomic E-state index is 14.2. The van der Waals surface area contributed by atoms with Gasteiger partial charge in [-0.25, -0.2) is 27.9 Å². The van der Waals surface area contributed by atoms with Crippen LogP contribution in [-0.2, 0) is 14.8 Å². The fourth-order valence-corrected chi connectivity index (χ4v) is 5.32. The molecule has 0 radical (unpaired) electrons. The van der Waals surface area contributed by atoms with Crippen molar-refractivity contribution in [2.24, 2.45) is 15.1 Å². The summed E-state index contributed by atoms with van der Waals surface area (Å²) in [4.78, 5) is 21.4. The summed E-state index contributed by atoms with van der Waals surface area (Å²) in [5.41, 5.74) is 0.916. The number of halogens is 2. The van der Waals surface area contributed by atoms with Crippen LogP contribution in [0.3, 0.4) is 0 Å². The van der Waals surface area contributed by atoms with E-state index in [1.54, 1.807) is 30.3 Å². The Hall–Kier alpha value is -3.64. The summed E-state index contributed by atoms with van der Waals surface area (Å²) < 4.78 is 38.7. The molecule has 8 nitrogen and oxygen atoms in total. The quantitative estimate of drug-likeness (QED) is 0.421. The Morgan fingerprint density at radius 3 is 2.40 bits per heavy atom. The summed E-state index contributed by atoms with van der Waals surface area (Å²) in [6, 6.07) is 16.3. The van der Waals surface area contributed by atoms with Gasteiger partial charge in [-0.2, -0.15) is 0 Å². The second-order valence-corrected chi connectivity index (χ2v) is 10.4. The first-order chi connectivity index (χ1) is 16.6. The third-order valence-corrected chi connectivity index (χ3v) is 7.41. The fourth-order valence-electron chi connectivity index (χ4n) is 3.58. The van der Waals surface area contributed by atoms with Crippen LogP contribution in [0.1, 0.15) is 4.88 Å². The highest BCUT2D eigenvalue weighted by molar-refractivity contribution is 7.89. The predicted molar refractivity (Wildman–Crippen MR) is 128 cm³/mol.